The van der Waals surface area contributed by atoms with Gasteiger partial charge in [-0.05, 0) is 34.5 Å². The van der Waals surface area contributed by atoms with Crippen LogP contribution in [0.1, 0.15) is 5.56 Å². The van der Waals surface area contributed by atoms with Gasteiger partial charge in [-0.1, -0.05) is 54.1 Å². The molecule has 0 heterocycles. The third-order valence-electron chi connectivity index (χ3n) is 3.78. The Bertz CT molecular complexity index is 969. The summed E-state index contributed by atoms with van der Waals surface area (Å²) in [4.78, 5) is 23.9. The lowest BCUT2D eigenvalue weighted by Gasteiger charge is -2.09. The molecule has 6 heteroatoms. The highest BCUT2D eigenvalue weighted by Gasteiger charge is 2.12. The Hall–Kier alpha value is -2.92. The number of hydrogen-bond acceptors (Lipinski definition) is 3. The largest absolute Gasteiger partial charge is 0.455 e. The molecule has 0 aliphatic heterocycles. The van der Waals surface area contributed by atoms with Gasteiger partial charge >= 0.3 is 5.97 Å². The number of hydrogen-bond donors (Lipinski definition) is 1. The predicted molar refractivity (Wildman–Crippen MR) is 98.7 cm³/mol. The molecule has 0 aliphatic carbocycles. The summed E-state index contributed by atoms with van der Waals surface area (Å²) in [6.07, 6.45) is 0.0418. The van der Waals surface area contributed by atoms with Gasteiger partial charge in [0.15, 0.2) is 6.61 Å². The summed E-state index contributed by atoms with van der Waals surface area (Å²) in [5, 5.41) is 4.59. The van der Waals surface area contributed by atoms with Crippen LogP contribution in [0.2, 0.25) is 5.02 Å². The van der Waals surface area contributed by atoms with Crippen molar-refractivity contribution in [1.82, 2.24) is 0 Å². The van der Waals surface area contributed by atoms with Crippen molar-refractivity contribution in [1.29, 1.82) is 0 Å². The van der Waals surface area contributed by atoms with Crippen LogP contribution in [0.4, 0.5) is 10.1 Å². The lowest BCUT2D eigenvalue weighted by Crippen LogP contribution is -2.22. The predicted octanol–water partition coefficient (Wildman–Crippen LogP) is 4.36. The average molecular weight is 372 g/mol. The van der Waals surface area contributed by atoms with E-state index in [1.54, 1.807) is 0 Å². The molecule has 0 saturated heterocycles. The zero-order valence-corrected chi connectivity index (χ0v) is 14.4. The molecular weight excluding hydrogens is 357 g/mol. The number of nitrogens with one attached hydrogen (secondary N) is 1. The third kappa shape index (κ3) is 4.37. The molecule has 1 amide bonds. The van der Waals surface area contributed by atoms with Gasteiger partial charge in [-0.2, -0.15) is 0 Å². The standard InChI is InChI=1S/C20H15ClFNO3/c21-15-8-9-17(22)18(11-15)23-19(24)12-26-20(25)10-14-6-3-5-13-4-1-2-7-16(13)14/h1-9,11H,10,12H2,(H,23,24). The summed E-state index contributed by atoms with van der Waals surface area (Å²) >= 11 is 5.76. The van der Waals surface area contributed by atoms with Crippen LogP contribution >= 0.6 is 11.6 Å². The molecule has 0 radical (unpaired) electrons. The van der Waals surface area contributed by atoms with Crippen LogP contribution in [0.25, 0.3) is 10.8 Å². The molecule has 1 N–H and O–H groups in total. The molecule has 0 aliphatic rings. The first-order valence-corrected chi connectivity index (χ1v) is 8.28. The van der Waals surface area contributed by atoms with Crippen LogP contribution in [-0.2, 0) is 20.7 Å². The molecule has 0 unspecified atom stereocenters. The van der Waals surface area contributed by atoms with Crippen molar-refractivity contribution in [2.24, 2.45) is 0 Å². The summed E-state index contributed by atoms with van der Waals surface area (Å²) in [7, 11) is 0. The van der Waals surface area contributed by atoms with Crippen LogP contribution in [0.5, 0.6) is 0 Å². The Morgan fingerprint density at radius 1 is 1.04 bits per heavy atom. The molecule has 3 aromatic rings. The fraction of sp³-hybridized carbons (Fsp3) is 0.100. The number of ether oxygens (including phenoxy) is 1. The topological polar surface area (TPSA) is 55.4 Å². The van der Waals surface area contributed by atoms with Crippen molar-refractivity contribution < 1.29 is 18.7 Å². The number of esters is 1. The van der Waals surface area contributed by atoms with E-state index in [0.29, 0.717) is 0 Å². The SMILES string of the molecule is O=C(COC(=O)Cc1cccc2ccccc12)Nc1cc(Cl)ccc1F. The fourth-order valence-corrected chi connectivity index (χ4v) is 2.75. The minimum atomic E-state index is -0.641. The number of rotatable bonds is 5. The van der Waals surface area contributed by atoms with E-state index in [9.17, 15) is 14.0 Å². The number of benzene rings is 3. The summed E-state index contributed by atoms with van der Waals surface area (Å²) < 4.78 is 18.6. The Morgan fingerprint density at radius 2 is 1.81 bits per heavy atom. The van der Waals surface area contributed by atoms with E-state index in [0.717, 1.165) is 22.4 Å². The molecule has 26 heavy (non-hydrogen) atoms. The zero-order chi connectivity index (χ0) is 18.5. The number of carbonyl (C=O) groups excluding carboxylic acids is 2. The van der Waals surface area contributed by atoms with E-state index in [1.807, 2.05) is 42.5 Å². The molecule has 4 nitrogen and oxygen atoms in total. The smallest absolute Gasteiger partial charge is 0.310 e. The molecule has 0 atom stereocenters. The normalized spacial score (nSPS) is 10.5. The molecule has 0 fully saturated rings. The summed E-state index contributed by atoms with van der Waals surface area (Å²) in [6.45, 7) is -0.504. The first-order chi connectivity index (χ1) is 12.5. The van der Waals surface area contributed by atoms with Crippen molar-refractivity contribution in [3.05, 3.63) is 77.1 Å². The van der Waals surface area contributed by atoms with Crippen LogP contribution in [0.15, 0.2) is 60.7 Å². The van der Waals surface area contributed by atoms with Crippen LogP contribution < -0.4 is 5.32 Å². The molecule has 132 valence electrons. The molecule has 0 aromatic heterocycles. The average Bonchev–Trinajstić information content (AvgIpc) is 2.63. The first kappa shape index (κ1) is 17.9. The monoisotopic (exact) mass is 371 g/mol. The van der Waals surface area contributed by atoms with E-state index < -0.39 is 24.3 Å². The van der Waals surface area contributed by atoms with Gasteiger partial charge in [0.2, 0.25) is 0 Å². The highest BCUT2D eigenvalue weighted by Crippen LogP contribution is 2.20. The maximum absolute atomic E-state index is 13.6. The molecular formula is C20H15ClFNO3. The second kappa shape index (κ2) is 7.97. The minimum Gasteiger partial charge on any atom is -0.455 e. The van der Waals surface area contributed by atoms with Crippen LogP contribution in [0, 0.1) is 5.82 Å². The van der Waals surface area contributed by atoms with Crippen LogP contribution in [0.3, 0.4) is 0 Å². The fourth-order valence-electron chi connectivity index (χ4n) is 2.58. The van der Waals surface area contributed by atoms with Gasteiger partial charge in [-0.3, -0.25) is 9.59 Å². The van der Waals surface area contributed by atoms with Crippen LogP contribution in [-0.4, -0.2) is 18.5 Å². The molecule has 3 aromatic carbocycles. The zero-order valence-electron chi connectivity index (χ0n) is 13.7. The second-order valence-corrected chi connectivity index (χ2v) is 6.08. The van der Waals surface area contributed by atoms with Crippen molar-refractivity contribution in [2.75, 3.05) is 11.9 Å². The number of carbonyl (C=O) groups is 2. The van der Waals surface area contributed by atoms with Gasteiger partial charge in [0.25, 0.3) is 5.91 Å². The molecule has 3 rings (SSSR count). The maximum atomic E-state index is 13.6. The third-order valence-corrected chi connectivity index (χ3v) is 4.02. The van der Waals surface area contributed by atoms with E-state index in [2.05, 4.69) is 5.32 Å². The molecule has 0 spiro atoms. The highest BCUT2D eigenvalue weighted by atomic mass is 35.5. The Morgan fingerprint density at radius 3 is 2.65 bits per heavy atom. The van der Waals surface area contributed by atoms with E-state index in [1.165, 1.54) is 12.1 Å². The van der Waals surface area contributed by atoms with Gasteiger partial charge in [0.05, 0.1) is 12.1 Å². The quantitative estimate of drug-likeness (QED) is 0.678. The number of fused-ring (bicyclic) bond motifs is 1. The molecule has 0 saturated carbocycles. The van der Waals surface area contributed by atoms with Crippen molar-refractivity contribution in [2.45, 2.75) is 6.42 Å². The van der Waals surface area contributed by atoms with Gasteiger partial charge < -0.3 is 10.1 Å². The van der Waals surface area contributed by atoms with Gasteiger partial charge in [-0.15, -0.1) is 0 Å². The van der Waals surface area contributed by atoms with E-state index in [4.69, 9.17) is 16.3 Å². The lowest BCUT2D eigenvalue weighted by atomic mass is 10.0. The maximum Gasteiger partial charge on any atom is 0.310 e. The van der Waals surface area contributed by atoms with E-state index >= 15 is 0 Å². The first-order valence-electron chi connectivity index (χ1n) is 7.90. The summed E-state index contributed by atoms with van der Waals surface area (Å²) in [5.41, 5.74) is 0.752. The van der Waals surface area contributed by atoms with Crippen molar-refractivity contribution in [3.8, 4) is 0 Å². The van der Waals surface area contributed by atoms with Gasteiger partial charge in [-0.25, -0.2) is 4.39 Å². The Kier molecular flexibility index (Phi) is 5.49. The van der Waals surface area contributed by atoms with Gasteiger partial charge in [0, 0.05) is 5.02 Å². The minimum absolute atomic E-state index is 0.0418. The molecule has 0 bridgehead atoms. The highest BCUT2D eigenvalue weighted by molar-refractivity contribution is 6.30. The summed E-state index contributed by atoms with van der Waals surface area (Å²) in [6, 6.07) is 17.1. The van der Waals surface area contributed by atoms with Crippen molar-refractivity contribution in [3.63, 3.8) is 0 Å². The van der Waals surface area contributed by atoms with Gasteiger partial charge in [0.1, 0.15) is 5.82 Å². The van der Waals surface area contributed by atoms with E-state index in [-0.39, 0.29) is 17.1 Å². The summed E-state index contributed by atoms with van der Waals surface area (Å²) in [5.74, 6) is -1.80. The number of anilines is 1. The number of halogens is 2. The Balaban J connectivity index is 1.58. The number of amides is 1. The lowest BCUT2D eigenvalue weighted by molar-refractivity contribution is -0.146. The van der Waals surface area contributed by atoms with Crippen molar-refractivity contribution >= 4 is 39.9 Å². The second-order valence-electron chi connectivity index (χ2n) is 5.65. The Labute approximate surface area is 154 Å².